The molecule has 19 heavy (non-hydrogen) atoms. The van der Waals surface area contributed by atoms with Crippen LogP contribution in [-0.2, 0) is 9.53 Å². The van der Waals surface area contributed by atoms with Gasteiger partial charge in [-0.2, -0.15) is 0 Å². The number of carbonyl (C=O) groups excluding carboxylic acids is 1. The van der Waals surface area contributed by atoms with Crippen LogP contribution in [0.3, 0.4) is 0 Å². The number of aliphatic hydroxyl groups excluding tert-OH is 1. The topological polar surface area (TPSA) is 84.6 Å². The first-order valence-electron chi connectivity index (χ1n) is 6.00. The van der Waals surface area contributed by atoms with Gasteiger partial charge in [-0.15, -0.1) is 0 Å². The maximum Gasteiger partial charge on any atom is 0.222 e. The van der Waals surface area contributed by atoms with Crippen LogP contribution in [0.5, 0.6) is 0 Å². The normalized spacial score (nSPS) is 13.9. The van der Waals surface area contributed by atoms with Crippen molar-refractivity contribution in [1.82, 2.24) is 5.32 Å². The number of nitrogens with one attached hydrogen (secondary N) is 1. The van der Waals surface area contributed by atoms with E-state index in [0.29, 0.717) is 10.6 Å². The fourth-order valence-electron chi connectivity index (χ4n) is 1.56. The summed E-state index contributed by atoms with van der Waals surface area (Å²) >= 11 is 5.76. The molecule has 0 aliphatic heterocycles. The van der Waals surface area contributed by atoms with Gasteiger partial charge in [0.05, 0.1) is 18.6 Å². The Morgan fingerprint density at radius 1 is 1.47 bits per heavy atom. The number of methoxy groups -OCH3 is 1. The molecule has 0 heterocycles. The summed E-state index contributed by atoms with van der Waals surface area (Å²) in [7, 11) is 1.51. The minimum Gasteiger partial charge on any atom is -0.387 e. The second kappa shape index (κ2) is 8.12. The summed E-state index contributed by atoms with van der Waals surface area (Å²) in [5.74, 6) is -0.203. The van der Waals surface area contributed by atoms with Crippen LogP contribution < -0.4 is 11.1 Å². The first-order chi connectivity index (χ1) is 9.06. The van der Waals surface area contributed by atoms with Crippen molar-refractivity contribution >= 4 is 17.5 Å². The van der Waals surface area contributed by atoms with E-state index in [-0.39, 0.29) is 31.5 Å². The first kappa shape index (κ1) is 15.9. The van der Waals surface area contributed by atoms with E-state index in [0.717, 1.165) is 0 Å². The number of nitrogens with two attached hydrogens (primary N) is 1. The number of hydrogen-bond acceptors (Lipinski definition) is 4. The number of halogens is 1. The summed E-state index contributed by atoms with van der Waals surface area (Å²) < 4.78 is 5.01. The third-order valence-corrected chi connectivity index (χ3v) is 3.01. The Morgan fingerprint density at radius 3 is 2.63 bits per heavy atom. The highest BCUT2D eigenvalue weighted by atomic mass is 35.5. The highest BCUT2D eigenvalue weighted by Gasteiger charge is 2.13. The van der Waals surface area contributed by atoms with Gasteiger partial charge in [-0.1, -0.05) is 23.7 Å². The largest absolute Gasteiger partial charge is 0.387 e. The van der Waals surface area contributed by atoms with Crippen molar-refractivity contribution in [2.75, 3.05) is 20.2 Å². The predicted molar refractivity (Wildman–Crippen MR) is 73.9 cm³/mol. The van der Waals surface area contributed by atoms with Crippen LogP contribution >= 0.6 is 11.6 Å². The molecule has 5 nitrogen and oxygen atoms in total. The smallest absolute Gasteiger partial charge is 0.222 e. The Kier molecular flexibility index (Phi) is 6.80. The summed E-state index contributed by atoms with van der Waals surface area (Å²) in [5.41, 5.74) is 6.13. The zero-order valence-electron chi connectivity index (χ0n) is 10.8. The number of aliphatic hydroxyl groups is 1. The number of hydrogen-bond donors (Lipinski definition) is 3. The van der Waals surface area contributed by atoms with Crippen LogP contribution in [0, 0.1) is 0 Å². The Bertz CT molecular complexity index is 393. The van der Waals surface area contributed by atoms with Crippen molar-refractivity contribution in [2.45, 2.75) is 18.6 Å². The molecule has 0 fully saturated rings. The van der Waals surface area contributed by atoms with Gasteiger partial charge in [0.2, 0.25) is 5.91 Å². The summed E-state index contributed by atoms with van der Waals surface area (Å²) in [6, 6.07) is 6.82. The Morgan fingerprint density at radius 2 is 2.11 bits per heavy atom. The lowest BCUT2D eigenvalue weighted by atomic mass is 10.1. The number of benzene rings is 1. The van der Waals surface area contributed by atoms with Crippen molar-refractivity contribution in [3.05, 3.63) is 34.9 Å². The third kappa shape index (κ3) is 5.57. The van der Waals surface area contributed by atoms with Gasteiger partial charge in [-0.25, -0.2) is 0 Å². The van der Waals surface area contributed by atoms with Gasteiger partial charge < -0.3 is 20.9 Å². The van der Waals surface area contributed by atoms with Crippen LogP contribution in [0.4, 0.5) is 0 Å². The average molecular weight is 287 g/mol. The molecule has 0 aliphatic carbocycles. The molecule has 1 aromatic carbocycles. The van der Waals surface area contributed by atoms with Crippen molar-refractivity contribution in [3.63, 3.8) is 0 Å². The molecule has 1 amide bonds. The fraction of sp³-hybridized carbons (Fsp3) is 0.462. The average Bonchev–Trinajstić information content (AvgIpc) is 2.43. The van der Waals surface area contributed by atoms with Gasteiger partial charge in [-0.05, 0) is 17.7 Å². The molecule has 0 bridgehead atoms. The van der Waals surface area contributed by atoms with Crippen LogP contribution in [0.1, 0.15) is 18.1 Å². The number of amides is 1. The second-order valence-electron chi connectivity index (χ2n) is 4.17. The summed E-state index contributed by atoms with van der Waals surface area (Å²) in [6.45, 7) is 0.422. The monoisotopic (exact) mass is 286 g/mol. The van der Waals surface area contributed by atoms with Crippen molar-refractivity contribution in [1.29, 1.82) is 0 Å². The standard InChI is InChI=1S/C13H19ClN2O3/c1-19-11(7-15)6-13(18)16-8-12(17)9-2-4-10(14)5-3-9/h2-5,11-12,17H,6-8,15H2,1H3,(H,16,18). The SMILES string of the molecule is COC(CN)CC(=O)NCC(O)c1ccc(Cl)cc1. The number of ether oxygens (including phenoxy) is 1. The summed E-state index contributed by atoms with van der Waals surface area (Å²) in [6.07, 6.45) is -0.881. The highest BCUT2D eigenvalue weighted by Crippen LogP contribution is 2.15. The molecule has 0 radical (unpaired) electrons. The molecule has 0 saturated heterocycles. The van der Waals surface area contributed by atoms with Crippen LogP contribution in [0.15, 0.2) is 24.3 Å². The molecule has 2 unspecified atom stereocenters. The van der Waals surface area contributed by atoms with E-state index < -0.39 is 6.10 Å². The highest BCUT2D eigenvalue weighted by molar-refractivity contribution is 6.30. The first-order valence-corrected chi connectivity index (χ1v) is 6.37. The molecule has 0 aromatic heterocycles. The van der Waals surface area contributed by atoms with Crippen LogP contribution in [-0.4, -0.2) is 37.3 Å². The molecule has 0 spiro atoms. The quantitative estimate of drug-likeness (QED) is 0.694. The van der Waals surface area contributed by atoms with Gasteiger partial charge in [0.25, 0.3) is 0 Å². The van der Waals surface area contributed by atoms with Crippen molar-refractivity contribution in [3.8, 4) is 0 Å². The molecule has 2 atom stereocenters. The molecule has 4 N–H and O–H groups in total. The minimum atomic E-state index is -0.764. The maximum absolute atomic E-state index is 11.6. The molecule has 106 valence electrons. The molecular formula is C13H19ClN2O3. The van der Waals surface area contributed by atoms with E-state index in [1.54, 1.807) is 24.3 Å². The third-order valence-electron chi connectivity index (χ3n) is 2.76. The van der Waals surface area contributed by atoms with Crippen LogP contribution in [0.2, 0.25) is 5.02 Å². The lowest BCUT2D eigenvalue weighted by molar-refractivity contribution is -0.123. The van der Waals surface area contributed by atoms with E-state index in [4.69, 9.17) is 22.1 Å². The molecule has 1 aromatic rings. The van der Waals surface area contributed by atoms with Crippen LogP contribution in [0.25, 0.3) is 0 Å². The van der Waals surface area contributed by atoms with Gasteiger partial charge in [0.1, 0.15) is 0 Å². The second-order valence-corrected chi connectivity index (χ2v) is 4.61. The van der Waals surface area contributed by atoms with E-state index in [9.17, 15) is 9.90 Å². The zero-order chi connectivity index (χ0) is 14.3. The van der Waals surface area contributed by atoms with E-state index in [1.807, 2.05) is 0 Å². The van der Waals surface area contributed by atoms with E-state index in [2.05, 4.69) is 5.32 Å². The lowest BCUT2D eigenvalue weighted by Gasteiger charge is -2.15. The fourth-order valence-corrected chi connectivity index (χ4v) is 1.68. The molecular weight excluding hydrogens is 268 g/mol. The van der Waals surface area contributed by atoms with Gasteiger partial charge in [-0.3, -0.25) is 4.79 Å². The Balaban J connectivity index is 2.39. The minimum absolute atomic E-state index is 0.140. The van der Waals surface area contributed by atoms with E-state index >= 15 is 0 Å². The number of rotatable bonds is 7. The lowest BCUT2D eigenvalue weighted by Crippen LogP contribution is -2.34. The van der Waals surface area contributed by atoms with Crippen molar-refractivity contribution < 1.29 is 14.6 Å². The Hall–Kier alpha value is -1.14. The zero-order valence-corrected chi connectivity index (χ0v) is 11.6. The molecule has 0 aliphatic rings. The molecule has 1 rings (SSSR count). The molecule has 6 heteroatoms. The predicted octanol–water partition coefficient (Wildman–Crippen LogP) is 0.853. The van der Waals surface area contributed by atoms with E-state index in [1.165, 1.54) is 7.11 Å². The Labute approximate surface area is 117 Å². The summed E-state index contributed by atoms with van der Waals surface area (Å²) in [4.78, 5) is 11.6. The van der Waals surface area contributed by atoms with Gasteiger partial charge in [0.15, 0.2) is 0 Å². The number of carbonyl (C=O) groups is 1. The van der Waals surface area contributed by atoms with Crippen molar-refractivity contribution in [2.24, 2.45) is 5.73 Å². The van der Waals surface area contributed by atoms with Gasteiger partial charge in [0, 0.05) is 25.2 Å². The van der Waals surface area contributed by atoms with Gasteiger partial charge >= 0.3 is 0 Å². The summed E-state index contributed by atoms with van der Waals surface area (Å²) in [5, 5.41) is 13.1. The molecule has 0 saturated carbocycles. The maximum atomic E-state index is 11.6.